The summed E-state index contributed by atoms with van der Waals surface area (Å²) in [4.78, 5) is 11.5. The third-order valence-electron chi connectivity index (χ3n) is 2.24. The molecule has 1 unspecified atom stereocenters. The van der Waals surface area contributed by atoms with Crippen molar-refractivity contribution in [3.05, 3.63) is 24.2 Å². The molecule has 4 heteroatoms. The Morgan fingerprint density at radius 1 is 1.64 bits per heavy atom. The highest BCUT2D eigenvalue weighted by Crippen LogP contribution is 2.11. The average molecular weight is 195 g/mol. The first-order valence-corrected chi connectivity index (χ1v) is 4.78. The summed E-state index contributed by atoms with van der Waals surface area (Å²) in [5, 5.41) is 2.77. The summed E-state index contributed by atoms with van der Waals surface area (Å²) < 4.78 is 10.3. The summed E-state index contributed by atoms with van der Waals surface area (Å²) in [7, 11) is 0. The van der Waals surface area contributed by atoms with Crippen LogP contribution in [0, 0.1) is 0 Å². The lowest BCUT2D eigenvalue weighted by Crippen LogP contribution is -2.33. The van der Waals surface area contributed by atoms with Gasteiger partial charge >= 0.3 is 0 Å². The SMILES string of the molecule is O=C(NCc1ccco1)C1CCCO1. The molecule has 1 aliphatic rings. The largest absolute Gasteiger partial charge is 0.467 e. The minimum atomic E-state index is -0.259. The van der Waals surface area contributed by atoms with Crippen LogP contribution in [-0.2, 0) is 16.1 Å². The number of carbonyl (C=O) groups is 1. The fourth-order valence-electron chi connectivity index (χ4n) is 1.49. The molecular formula is C10H13NO3. The lowest BCUT2D eigenvalue weighted by Gasteiger charge is -2.08. The number of nitrogens with one attached hydrogen (secondary N) is 1. The van der Waals surface area contributed by atoms with Gasteiger partial charge in [0.1, 0.15) is 11.9 Å². The normalized spacial score (nSPS) is 21.0. The predicted molar refractivity (Wildman–Crippen MR) is 49.5 cm³/mol. The van der Waals surface area contributed by atoms with E-state index < -0.39 is 0 Å². The van der Waals surface area contributed by atoms with Crippen LogP contribution >= 0.6 is 0 Å². The van der Waals surface area contributed by atoms with E-state index in [4.69, 9.17) is 9.15 Å². The summed E-state index contributed by atoms with van der Waals surface area (Å²) in [6.07, 6.45) is 3.13. The number of hydrogen-bond acceptors (Lipinski definition) is 3. The van der Waals surface area contributed by atoms with Crippen LogP contribution in [-0.4, -0.2) is 18.6 Å². The van der Waals surface area contributed by atoms with Crippen molar-refractivity contribution in [2.45, 2.75) is 25.5 Å². The maximum Gasteiger partial charge on any atom is 0.249 e. The molecule has 1 fully saturated rings. The van der Waals surface area contributed by atoms with Crippen LogP contribution in [0.1, 0.15) is 18.6 Å². The summed E-state index contributed by atoms with van der Waals surface area (Å²) in [5.74, 6) is 0.718. The fourth-order valence-corrected chi connectivity index (χ4v) is 1.49. The van der Waals surface area contributed by atoms with Crippen molar-refractivity contribution < 1.29 is 13.9 Å². The van der Waals surface area contributed by atoms with Gasteiger partial charge in [-0.2, -0.15) is 0 Å². The Morgan fingerprint density at radius 3 is 3.21 bits per heavy atom. The smallest absolute Gasteiger partial charge is 0.249 e. The number of rotatable bonds is 3. The van der Waals surface area contributed by atoms with Gasteiger partial charge in [-0.25, -0.2) is 0 Å². The van der Waals surface area contributed by atoms with Crippen LogP contribution in [0.2, 0.25) is 0 Å². The van der Waals surface area contributed by atoms with E-state index in [-0.39, 0.29) is 12.0 Å². The van der Waals surface area contributed by atoms with Gasteiger partial charge in [0, 0.05) is 6.61 Å². The Kier molecular flexibility index (Phi) is 2.84. The van der Waals surface area contributed by atoms with Crippen molar-refractivity contribution in [3.8, 4) is 0 Å². The Morgan fingerprint density at radius 2 is 2.57 bits per heavy atom. The van der Waals surface area contributed by atoms with Gasteiger partial charge in [-0.1, -0.05) is 0 Å². The minimum Gasteiger partial charge on any atom is -0.467 e. The van der Waals surface area contributed by atoms with Crippen molar-refractivity contribution in [3.63, 3.8) is 0 Å². The van der Waals surface area contributed by atoms with Gasteiger partial charge < -0.3 is 14.5 Å². The average Bonchev–Trinajstić information content (AvgIpc) is 2.87. The molecule has 1 N–H and O–H groups in total. The Labute approximate surface area is 82.2 Å². The summed E-state index contributed by atoms with van der Waals surface area (Å²) >= 11 is 0. The molecule has 2 heterocycles. The molecule has 1 atom stereocenters. The lowest BCUT2D eigenvalue weighted by atomic mass is 10.2. The molecule has 1 amide bonds. The molecule has 14 heavy (non-hydrogen) atoms. The highest BCUT2D eigenvalue weighted by molar-refractivity contribution is 5.80. The van der Waals surface area contributed by atoms with Crippen LogP contribution in [0.5, 0.6) is 0 Å². The first-order valence-electron chi connectivity index (χ1n) is 4.78. The molecule has 0 bridgehead atoms. The van der Waals surface area contributed by atoms with Crippen LogP contribution in [0.3, 0.4) is 0 Å². The van der Waals surface area contributed by atoms with E-state index in [1.807, 2.05) is 6.07 Å². The van der Waals surface area contributed by atoms with E-state index in [1.165, 1.54) is 0 Å². The third kappa shape index (κ3) is 2.14. The van der Waals surface area contributed by atoms with Crippen molar-refractivity contribution in [1.82, 2.24) is 5.32 Å². The number of hydrogen-bond donors (Lipinski definition) is 1. The van der Waals surface area contributed by atoms with Crippen molar-refractivity contribution in [2.75, 3.05) is 6.61 Å². The monoisotopic (exact) mass is 195 g/mol. The second-order valence-electron chi connectivity index (χ2n) is 3.30. The van der Waals surface area contributed by atoms with Gasteiger partial charge in [-0.15, -0.1) is 0 Å². The number of furan rings is 1. The third-order valence-corrected chi connectivity index (χ3v) is 2.24. The standard InChI is InChI=1S/C10H13NO3/c12-10(9-4-2-6-14-9)11-7-8-3-1-5-13-8/h1,3,5,9H,2,4,6-7H2,(H,11,12). The van der Waals surface area contributed by atoms with Crippen LogP contribution < -0.4 is 5.32 Å². The van der Waals surface area contributed by atoms with Gasteiger partial charge in [-0.05, 0) is 25.0 Å². The number of ether oxygens (including phenoxy) is 1. The van der Waals surface area contributed by atoms with E-state index >= 15 is 0 Å². The molecule has 0 aromatic carbocycles. The van der Waals surface area contributed by atoms with Gasteiger partial charge in [0.25, 0.3) is 0 Å². The summed E-state index contributed by atoms with van der Waals surface area (Å²) in [6.45, 7) is 1.13. The first kappa shape index (κ1) is 9.27. The molecule has 76 valence electrons. The summed E-state index contributed by atoms with van der Waals surface area (Å²) in [6, 6.07) is 3.63. The number of carbonyl (C=O) groups excluding carboxylic acids is 1. The molecule has 0 aliphatic carbocycles. The maximum absolute atomic E-state index is 11.5. The second kappa shape index (κ2) is 4.28. The Balaban J connectivity index is 1.77. The molecule has 1 aromatic heterocycles. The van der Waals surface area contributed by atoms with Gasteiger partial charge in [0.2, 0.25) is 5.91 Å². The quantitative estimate of drug-likeness (QED) is 0.785. The summed E-state index contributed by atoms with van der Waals surface area (Å²) in [5.41, 5.74) is 0. The first-order chi connectivity index (χ1) is 6.86. The molecule has 2 rings (SSSR count). The molecule has 1 saturated heterocycles. The molecule has 4 nitrogen and oxygen atoms in total. The van der Waals surface area contributed by atoms with Gasteiger partial charge in [0.05, 0.1) is 12.8 Å². The molecule has 0 spiro atoms. The second-order valence-corrected chi connectivity index (χ2v) is 3.30. The zero-order valence-corrected chi connectivity index (χ0v) is 7.86. The van der Waals surface area contributed by atoms with Crippen molar-refractivity contribution in [2.24, 2.45) is 0 Å². The van der Waals surface area contributed by atoms with Crippen molar-refractivity contribution >= 4 is 5.91 Å². The zero-order chi connectivity index (χ0) is 9.80. The van der Waals surface area contributed by atoms with Crippen LogP contribution in [0.15, 0.2) is 22.8 Å². The highest BCUT2D eigenvalue weighted by atomic mass is 16.5. The van der Waals surface area contributed by atoms with Crippen LogP contribution in [0.4, 0.5) is 0 Å². The van der Waals surface area contributed by atoms with Crippen molar-refractivity contribution in [1.29, 1.82) is 0 Å². The lowest BCUT2D eigenvalue weighted by molar-refractivity contribution is -0.130. The zero-order valence-electron chi connectivity index (χ0n) is 7.86. The Bertz CT molecular complexity index is 288. The van der Waals surface area contributed by atoms with E-state index in [1.54, 1.807) is 12.3 Å². The van der Waals surface area contributed by atoms with Gasteiger partial charge in [0.15, 0.2) is 0 Å². The molecule has 1 aromatic rings. The topological polar surface area (TPSA) is 51.5 Å². The fraction of sp³-hybridized carbons (Fsp3) is 0.500. The maximum atomic E-state index is 11.5. The van der Waals surface area contributed by atoms with E-state index in [0.29, 0.717) is 13.2 Å². The van der Waals surface area contributed by atoms with E-state index in [9.17, 15) is 4.79 Å². The molecule has 1 aliphatic heterocycles. The minimum absolute atomic E-state index is 0.0427. The Hall–Kier alpha value is -1.29. The number of amides is 1. The molecule has 0 radical (unpaired) electrons. The van der Waals surface area contributed by atoms with Gasteiger partial charge in [-0.3, -0.25) is 4.79 Å². The molecule has 0 saturated carbocycles. The highest BCUT2D eigenvalue weighted by Gasteiger charge is 2.23. The van der Waals surface area contributed by atoms with E-state index in [2.05, 4.69) is 5.32 Å². The predicted octanol–water partition coefficient (Wildman–Crippen LogP) is 1.07. The van der Waals surface area contributed by atoms with E-state index in [0.717, 1.165) is 18.6 Å². The van der Waals surface area contributed by atoms with Crippen LogP contribution in [0.25, 0.3) is 0 Å². The molecular weight excluding hydrogens is 182 g/mol.